The number of carbonyl (C=O) groups is 3. The van der Waals surface area contributed by atoms with Gasteiger partial charge in [-0.15, -0.1) is 0 Å². The predicted molar refractivity (Wildman–Crippen MR) is 185 cm³/mol. The van der Waals surface area contributed by atoms with Gasteiger partial charge in [0.1, 0.15) is 11.8 Å². The normalized spacial score (nSPS) is 19.0. The van der Waals surface area contributed by atoms with Gasteiger partial charge >= 0.3 is 4.87 Å². The number of halogens is 3. The van der Waals surface area contributed by atoms with Gasteiger partial charge in [0.05, 0.1) is 26.7 Å². The number of hydrogen-bond donors (Lipinski definition) is 1. The van der Waals surface area contributed by atoms with Crippen LogP contribution in [0.1, 0.15) is 30.2 Å². The Morgan fingerprint density at radius 1 is 0.933 bits per heavy atom. The highest BCUT2D eigenvalue weighted by molar-refractivity contribution is 9.10. The molecule has 0 aliphatic carbocycles. The summed E-state index contributed by atoms with van der Waals surface area (Å²) in [6.45, 7) is 5.58. The van der Waals surface area contributed by atoms with Gasteiger partial charge in [-0.1, -0.05) is 74.4 Å². The smallest absolute Gasteiger partial charge is 0.308 e. The molecule has 6 rings (SSSR count). The van der Waals surface area contributed by atoms with E-state index >= 15 is 0 Å². The first kappa shape index (κ1) is 31.9. The molecule has 45 heavy (non-hydrogen) atoms. The molecule has 4 aromatic rings. The maximum atomic E-state index is 14.1. The van der Waals surface area contributed by atoms with Crippen LogP contribution in [0.4, 0.5) is 17.1 Å². The molecule has 1 aromatic heterocycles. The first-order valence-corrected chi connectivity index (χ1v) is 17.5. The Bertz CT molecular complexity index is 1860. The van der Waals surface area contributed by atoms with E-state index in [0.717, 1.165) is 40.1 Å². The van der Waals surface area contributed by atoms with Crippen molar-refractivity contribution in [2.45, 2.75) is 36.6 Å². The summed E-state index contributed by atoms with van der Waals surface area (Å²) in [7, 11) is 0. The lowest BCUT2D eigenvalue weighted by Crippen LogP contribution is -2.33. The van der Waals surface area contributed by atoms with Crippen molar-refractivity contribution in [3.63, 3.8) is 0 Å². The zero-order chi connectivity index (χ0) is 32.0. The monoisotopic (exact) mass is 744 g/mol. The Morgan fingerprint density at radius 3 is 2.27 bits per heavy atom. The molecular weight excluding hydrogens is 719 g/mol. The number of amides is 3. The maximum absolute atomic E-state index is 14.1. The molecule has 8 nitrogen and oxygen atoms in total. The average molecular weight is 747 g/mol. The minimum atomic E-state index is -0.778. The van der Waals surface area contributed by atoms with E-state index in [-0.39, 0.29) is 28.3 Å². The molecule has 0 spiro atoms. The van der Waals surface area contributed by atoms with Gasteiger partial charge in [0.15, 0.2) is 0 Å². The van der Waals surface area contributed by atoms with Gasteiger partial charge in [-0.2, -0.15) is 0 Å². The first-order chi connectivity index (χ1) is 21.6. The van der Waals surface area contributed by atoms with E-state index in [4.69, 9.17) is 23.2 Å². The van der Waals surface area contributed by atoms with Crippen LogP contribution in [0.15, 0.2) is 81.0 Å². The lowest BCUT2D eigenvalue weighted by atomic mass is 9.83. The van der Waals surface area contributed by atoms with Crippen LogP contribution in [0.25, 0.3) is 0 Å². The number of imide groups is 1. The lowest BCUT2D eigenvalue weighted by Gasteiger charge is -2.31. The Balaban J connectivity index is 1.40. The number of thioether (sulfide) groups is 1. The third-order valence-corrected chi connectivity index (χ3v) is 11.9. The van der Waals surface area contributed by atoms with Gasteiger partial charge in [0, 0.05) is 39.7 Å². The third kappa shape index (κ3) is 5.96. The average Bonchev–Trinajstić information content (AvgIpc) is 3.46. The molecular formula is C32H27BrCl2N4O4S2. The molecule has 0 saturated carbocycles. The van der Waals surface area contributed by atoms with Crippen molar-refractivity contribution >= 4 is 97.0 Å². The molecule has 3 amide bonds. The van der Waals surface area contributed by atoms with Crippen LogP contribution in [0.2, 0.25) is 10.0 Å². The third-order valence-electron chi connectivity index (χ3n) is 8.02. The number of anilines is 3. The first-order valence-electron chi connectivity index (χ1n) is 14.2. The summed E-state index contributed by atoms with van der Waals surface area (Å²) >= 11 is 17.7. The highest BCUT2D eigenvalue weighted by Crippen LogP contribution is 2.54. The molecule has 2 aliphatic rings. The second-order valence-electron chi connectivity index (χ2n) is 10.6. The van der Waals surface area contributed by atoms with E-state index in [1.165, 1.54) is 27.3 Å². The van der Waals surface area contributed by atoms with Crippen molar-refractivity contribution in [1.82, 2.24) is 4.57 Å². The predicted octanol–water partition coefficient (Wildman–Crippen LogP) is 7.26. The quantitative estimate of drug-likeness (QED) is 0.191. The van der Waals surface area contributed by atoms with Crippen LogP contribution in [-0.2, 0) is 20.9 Å². The number of nitrogens with zero attached hydrogens (tertiary/aromatic N) is 3. The second kappa shape index (κ2) is 13.0. The molecule has 2 aliphatic heterocycles. The van der Waals surface area contributed by atoms with E-state index in [0.29, 0.717) is 26.3 Å². The van der Waals surface area contributed by atoms with Gasteiger partial charge in [0.25, 0.3) is 0 Å². The van der Waals surface area contributed by atoms with Gasteiger partial charge in [-0.05, 0) is 74.0 Å². The molecule has 1 N–H and O–H groups in total. The summed E-state index contributed by atoms with van der Waals surface area (Å²) in [5.74, 6) is -2.38. The topological polar surface area (TPSA) is 91.7 Å². The van der Waals surface area contributed by atoms with Crippen LogP contribution < -0.4 is 20.0 Å². The van der Waals surface area contributed by atoms with Crippen molar-refractivity contribution in [3.8, 4) is 0 Å². The Hall–Kier alpha value is -3.09. The fraction of sp³-hybridized carbons (Fsp3) is 0.250. The van der Waals surface area contributed by atoms with Gasteiger partial charge in [-0.3, -0.25) is 23.7 Å². The molecule has 0 radical (unpaired) electrons. The van der Waals surface area contributed by atoms with Crippen LogP contribution in [0.5, 0.6) is 0 Å². The lowest BCUT2D eigenvalue weighted by molar-refractivity contribution is -0.122. The fourth-order valence-corrected chi connectivity index (χ4v) is 9.19. The fourth-order valence-electron chi connectivity index (χ4n) is 5.86. The van der Waals surface area contributed by atoms with E-state index in [9.17, 15) is 19.2 Å². The minimum Gasteiger partial charge on any atom is -0.372 e. The number of thiazole rings is 1. The number of carbonyl (C=O) groups excluding carboxylic acids is 3. The van der Waals surface area contributed by atoms with E-state index in [1.807, 2.05) is 24.3 Å². The minimum absolute atomic E-state index is 0.276. The standard InChI is InChI=1S/C32H27BrCl2N4O4S2/c1-3-37(4-2)20-10-5-17(6-11-20)25-26-27(30(42)39(29(26)41)21-12-7-18(33)8-13-21)44-31-28(25)45-32(43)38(31)16-24(40)36-19-9-14-22(34)23(35)15-19/h5-15,25-27H,3-4,16H2,1-2H3,(H,36,40)/t25-,26-,27+/m0/s1. The summed E-state index contributed by atoms with van der Waals surface area (Å²) < 4.78 is 2.22. The Morgan fingerprint density at radius 2 is 1.62 bits per heavy atom. The number of fused-ring (bicyclic) bond motifs is 2. The van der Waals surface area contributed by atoms with Crippen molar-refractivity contribution in [2.75, 3.05) is 28.2 Å². The molecule has 13 heteroatoms. The highest BCUT2D eigenvalue weighted by atomic mass is 79.9. The molecule has 3 atom stereocenters. The summed E-state index contributed by atoms with van der Waals surface area (Å²) in [5.41, 5.74) is 2.79. The number of benzene rings is 3. The Labute approximate surface area is 286 Å². The number of hydrogen-bond acceptors (Lipinski definition) is 7. The number of rotatable bonds is 8. The van der Waals surface area contributed by atoms with E-state index < -0.39 is 23.0 Å². The van der Waals surface area contributed by atoms with Crippen molar-refractivity contribution in [1.29, 1.82) is 0 Å². The van der Waals surface area contributed by atoms with Crippen LogP contribution in [0, 0.1) is 5.92 Å². The zero-order valence-electron chi connectivity index (χ0n) is 24.1. The number of nitrogens with one attached hydrogen (secondary N) is 1. The van der Waals surface area contributed by atoms with Crippen LogP contribution >= 0.6 is 62.2 Å². The van der Waals surface area contributed by atoms with Crippen LogP contribution in [0.3, 0.4) is 0 Å². The SMILES string of the molecule is CCN(CC)c1ccc([C@@H]2c3sc(=O)n(CC(=O)Nc4ccc(Cl)c(Cl)c4)c3S[C@H]3C(=O)N(c4ccc(Br)cc4)C(=O)[C@@H]23)cc1. The molecule has 0 bridgehead atoms. The van der Waals surface area contributed by atoms with Crippen molar-refractivity contribution in [2.24, 2.45) is 5.92 Å². The van der Waals surface area contributed by atoms with Gasteiger partial charge in [-0.25, -0.2) is 4.90 Å². The number of aromatic nitrogens is 1. The largest absolute Gasteiger partial charge is 0.372 e. The van der Waals surface area contributed by atoms with Gasteiger partial charge in [0.2, 0.25) is 17.7 Å². The van der Waals surface area contributed by atoms with E-state index in [2.05, 4.69) is 40.0 Å². The second-order valence-corrected chi connectivity index (χ2v) is 14.4. The highest BCUT2D eigenvalue weighted by Gasteiger charge is 2.56. The van der Waals surface area contributed by atoms with Crippen molar-refractivity contribution in [3.05, 3.63) is 101 Å². The Kier molecular flexibility index (Phi) is 9.18. The summed E-state index contributed by atoms with van der Waals surface area (Å²) in [4.78, 5) is 58.5. The molecule has 232 valence electrons. The molecule has 3 heterocycles. The summed E-state index contributed by atoms with van der Waals surface area (Å²) in [5, 5.41) is 3.15. The van der Waals surface area contributed by atoms with Crippen molar-refractivity contribution < 1.29 is 14.4 Å². The summed E-state index contributed by atoms with van der Waals surface area (Å²) in [6.07, 6.45) is 0. The van der Waals surface area contributed by atoms with E-state index in [1.54, 1.807) is 36.4 Å². The molecule has 1 fully saturated rings. The summed E-state index contributed by atoms with van der Waals surface area (Å²) in [6, 6.07) is 19.7. The molecule has 0 unspecified atom stereocenters. The van der Waals surface area contributed by atoms with Gasteiger partial charge < -0.3 is 10.2 Å². The maximum Gasteiger partial charge on any atom is 0.308 e. The zero-order valence-corrected chi connectivity index (χ0v) is 28.9. The molecule has 1 saturated heterocycles. The van der Waals surface area contributed by atoms with Crippen LogP contribution in [-0.4, -0.2) is 40.6 Å². The molecule has 3 aromatic carbocycles.